The third kappa shape index (κ3) is 45.8. The molecule has 6 atom stereocenters. The number of allylic oxidation sites excluding steroid dienone is 16. The van der Waals surface area contributed by atoms with E-state index in [-0.39, 0.29) is 25.9 Å². The molecule has 0 aromatic carbocycles. The van der Waals surface area contributed by atoms with Crippen LogP contribution in [0.2, 0.25) is 0 Å². The first kappa shape index (κ1) is 74.7. The lowest BCUT2D eigenvalue weighted by atomic mass is 9.98. The highest BCUT2D eigenvalue weighted by molar-refractivity contribution is 5.74. The molecule has 1 heterocycles. The molecular formula is C69H114O12. The summed E-state index contributed by atoms with van der Waals surface area (Å²) in [6.07, 6.45) is 62.2. The fraction of sp³-hybridized carbons (Fsp3) is 0.710. The van der Waals surface area contributed by atoms with Gasteiger partial charge >= 0.3 is 23.9 Å². The summed E-state index contributed by atoms with van der Waals surface area (Å²) >= 11 is 0. The Balaban J connectivity index is 2.70. The normalized spacial score (nSPS) is 18.4. The molecule has 81 heavy (non-hydrogen) atoms. The molecule has 0 bridgehead atoms. The quantitative estimate of drug-likeness (QED) is 0.0228. The van der Waals surface area contributed by atoms with E-state index in [9.17, 15) is 34.5 Å². The maximum absolute atomic E-state index is 13.2. The zero-order valence-corrected chi connectivity index (χ0v) is 51.0. The van der Waals surface area contributed by atoms with Gasteiger partial charge < -0.3 is 39.0 Å². The van der Waals surface area contributed by atoms with E-state index in [4.69, 9.17) is 23.7 Å². The average Bonchev–Trinajstić information content (AvgIpc) is 3.53. The van der Waals surface area contributed by atoms with E-state index in [1.165, 1.54) is 77.0 Å². The number of carbonyl (C=O) groups is 4. The number of ether oxygens (including phenoxy) is 5. The number of unbranched alkanes of at least 4 members (excludes halogenated alkanes) is 24. The van der Waals surface area contributed by atoms with E-state index in [2.05, 4.69) is 118 Å². The summed E-state index contributed by atoms with van der Waals surface area (Å²) in [6, 6.07) is 0. The molecule has 0 radical (unpaired) electrons. The Morgan fingerprint density at radius 2 is 0.778 bits per heavy atom. The van der Waals surface area contributed by atoms with Crippen LogP contribution in [0, 0.1) is 0 Å². The minimum absolute atomic E-state index is 0.0457. The van der Waals surface area contributed by atoms with E-state index in [1.807, 2.05) is 0 Å². The Bertz CT molecular complexity index is 1780. The number of carbonyl (C=O) groups excluding carboxylic acids is 3. The Morgan fingerprint density at radius 3 is 1.25 bits per heavy atom. The van der Waals surface area contributed by atoms with Crippen molar-refractivity contribution in [3.8, 4) is 0 Å². The van der Waals surface area contributed by atoms with Crippen molar-refractivity contribution in [2.24, 2.45) is 0 Å². The lowest BCUT2D eigenvalue weighted by Gasteiger charge is -2.40. The molecule has 0 spiro atoms. The van der Waals surface area contributed by atoms with Crippen LogP contribution in [0.25, 0.3) is 0 Å². The van der Waals surface area contributed by atoms with Crippen molar-refractivity contribution in [2.75, 3.05) is 13.2 Å². The molecular weight excluding hydrogens is 1020 g/mol. The fourth-order valence-electron chi connectivity index (χ4n) is 9.18. The van der Waals surface area contributed by atoms with Gasteiger partial charge in [0.1, 0.15) is 18.8 Å². The standard InChI is InChI=1S/C69H114O12/c1-4-7-10-13-16-19-22-25-28-30-31-33-35-37-40-43-46-49-52-55-61(70)77-58-60(79-62(71)56-53-50-47-44-41-38-34-27-24-21-18-15-12-9-6-3)59-78-69-67(65(74)64(73)66(81-69)68(75)76)80-63(72)57-54-51-48-45-42-39-36-32-29-26-23-20-17-14-11-8-5-2/h9,12,16,18-19,21,25-29,31,33-34,41,44,60,64-67,69,73-74H,4-8,10-11,13-15,17,20,22-24,30,32,35-40,42-43,45-59H2,1-3H3,(H,75,76)/b12-9-,19-16-,21-18-,28-25-,29-26-,33-31-,34-27-,44-41-. The van der Waals surface area contributed by atoms with Gasteiger partial charge in [0.2, 0.25) is 0 Å². The molecule has 462 valence electrons. The largest absolute Gasteiger partial charge is 0.479 e. The molecule has 1 fully saturated rings. The van der Waals surface area contributed by atoms with E-state index in [0.717, 1.165) is 128 Å². The first-order chi connectivity index (χ1) is 39.6. The Morgan fingerprint density at radius 1 is 0.420 bits per heavy atom. The smallest absolute Gasteiger partial charge is 0.335 e. The van der Waals surface area contributed by atoms with Crippen LogP contribution in [0.3, 0.4) is 0 Å². The average molecular weight is 1140 g/mol. The van der Waals surface area contributed by atoms with Crippen LogP contribution >= 0.6 is 0 Å². The van der Waals surface area contributed by atoms with Crippen molar-refractivity contribution in [2.45, 2.75) is 302 Å². The van der Waals surface area contributed by atoms with Crippen molar-refractivity contribution in [3.63, 3.8) is 0 Å². The highest BCUT2D eigenvalue weighted by Gasteiger charge is 2.50. The van der Waals surface area contributed by atoms with E-state index in [0.29, 0.717) is 19.3 Å². The molecule has 1 rings (SSSR count). The maximum Gasteiger partial charge on any atom is 0.335 e. The molecule has 1 aliphatic rings. The summed E-state index contributed by atoms with van der Waals surface area (Å²) in [5, 5.41) is 31.6. The summed E-state index contributed by atoms with van der Waals surface area (Å²) in [5.74, 6) is -3.20. The van der Waals surface area contributed by atoms with Gasteiger partial charge in [0.15, 0.2) is 24.6 Å². The molecule has 0 aliphatic carbocycles. The molecule has 12 heteroatoms. The zero-order chi connectivity index (χ0) is 58.9. The lowest BCUT2D eigenvalue weighted by molar-refractivity contribution is -0.301. The van der Waals surface area contributed by atoms with Crippen LogP contribution in [0.4, 0.5) is 0 Å². The van der Waals surface area contributed by atoms with Crippen molar-refractivity contribution >= 4 is 23.9 Å². The second-order valence-electron chi connectivity index (χ2n) is 21.7. The van der Waals surface area contributed by atoms with Crippen LogP contribution in [-0.4, -0.2) is 89.2 Å². The van der Waals surface area contributed by atoms with Gasteiger partial charge in [-0.1, -0.05) is 221 Å². The van der Waals surface area contributed by atoms with Crippen molar-refractivity contribution in [1.29, 1.82) is 0 Å². The molecule has 0 aromatic heterocycles. The van der Waals surface area contributed by atoms with Crippen molar-refractivity contribution in [1.82, 2.24) is 0 Å². The number of hydrogen-bond donors (Lipinski definition) is 3. The van der Waals surface area contributed by atoms with Gasteiger partial charge in [-0.15, -0.1) is 0 Å². The zero-order valence-electron chi connectivity index (χ0n) is 51.0. The van der Waals surface area contributed by atoms with Gasteiger partial charge in [0, 0.05) is 19.3 Å². The van der Waals surface area contributed by atoms with Gasteiger partial charge in [-0.25, -0.2) is 4.79 Å². The summed E-state index contributed by atoms with van der Waals surface area (Å²) < 4.78 is 28.5. The third-order valence-electron chi connectivity index (χ3n) is 14.1. The van der Waals surface area contributed by atoms with Gasteiger partial charge in [-0.2, -0.15) is 0 Å². The van der Waals surface area contributed by atoms with Crippen molar-refractivity contribution in [3.05, 3.63) is 97.2 Å². The highest BCUT2D eigenvalue weighted by Crippen LogP contribution is 2.26. The van der Waals surface area contributed by atoms with Crippen LogP contribution in [0.5, 0.6) is 0 Å². The topological polar surface area (TPSA) is 175 Å². The Kier molecular flexibility index (Phi) is 51.7. The van der Waals surface area contributed by atoms with Gasteiger partial charge in [-0.05, 0) is 122 Å². The van der Waals surface area contributed by atoms with E-state index in [1.54, 1.807) is 0 Å². The fourth-order valence-corrected chi connectivity index (χ4v) is 9.18. The number of aliphatic hydroxyl groups excluding tert-OH is 2. The minimum atomic E-state index is -1.92. The number of aliphatic hydroxyl groups is 2. The molecule has 1 saturated heterocycles. The number of esters is 3. The monoisotopic (exact) mass is 1130 g/mol. The molecule has 0 aromatic rings. The second-order valence-corrected chi connectivity index (χ2v) is 21.7. The molecule has 12 nitrogen and oxygen atoms in total. The first-order valence-electron chi connectivity index (χ1n) is 32.2. The van der Waals surface area contributed by atoms with Crippen LogP contribution in [0.15, 0.2) is 97.2 Å². The van der Waals surface area contributed by atoms with Gasteiger partial charge in [0.05, 0.1) is 6.61 Å². The number of hydrogen-bond acceptors (Lipinski definition) is 11. The number of carboxylic acid groups (broad SMARTS) is 1. The first-order valence-corrected chi connectivity index (χ1v) is 32.2. The Labute approximate surface area is 492 Å². The summed E-state index contributed by atoms with van der Waals surface area (Å²) in [4.78, 5) is 51.3. The number of carboxylic acids is 1. The molecule has 6 unspecified atom stereocenters. The number of aliphatic carboxylic acids is 1. The number of rotatable bonds is 54. The summed E-state index contributed by atoms with van der Waals surface area (Å²) in [6.45, 7) is 5.82. The Hall–Kier alpha value is -4.36. The van der Waals surface area contributed by atoms with Gasteiger partial charge in [0.25, 0.3) is 0 Å². The highest BCUT2D eigenvalue weighted by atomic mass is 16.7. The van der Waals surface area contributed by atoms with Crippen LogP contribution in [-0.2, 0) is 42.9 Å². The van der Waals surface area contributed by atoms with Crippen molar-refractivity contribution < 1.29 is 58.2 Å². The van der Waals surface area contributed by atoms with E-state index >= 15 is 0 Å². The summed E-state index contributed by atoms with van der Waals surface area (Å²) in [5.41, 5.74) is 0. The van der Waals surface area contributed by atoms with Gasteiger partial charge in [-0.3, -0.25) is 14.4 Å². The SMILES string of the molecule is CC/C=C\C/C=C\C/C=C\C/C=C\CCCCC(=O)OC(COC(=O)CCCCCCCC/C=C\C/C=C\C/C=C\CCCCC)COC1OC(C(=O)O)C(O)C(O)C1OC(=O)CCCCCCCCC/C=C\CCCCCCCC. The second kappa shape index (κ2) is 56.1. The molecule has 0 saturated carbocycles. The molecule has 0 amide bonds. The van der Waals surface area contributed by atoms with E-state index < -0.39 is 67.3 Å². The lowest BCUT2D eigenvalue weighted by Crippen LogP contribution is -2.61. The molecule has 1 aliphatic heterocycles. The van der Waals surface area contributed by atoms with Crippen LogP contribution < -0.4 is 0 Å². The predicted octanol–water partition coefficient (Wildman–Crippen LogP) is 17.2. The van der Waals surface area contributed by atoms with Crippen LogP contribution in [0.1, 0.15) is 265 Å². The maximum atomic E-state index is 13.2. The summed E-state index contributed by atoms with van der Waals surface area (Å²) in [7, 11) is 0. The molecule has 3 N–H and O–H groups in total. The predicted molar refractivity (Wildman–Crippen MR) is 331 cm³/mol. The third-order valence-corrected chi connectivity index (χ3v) is 14.1. The minimum Gasteiger partial charge on any atom is -0.479 e.